The maximum Gasteiger partial charge on any atom is 0.186 e. The van der Waals surface area contributed by atoms with Crippen molar-refractivity contribution < 1.29 is 4.79 Å². The minimum absolute atomic E-state index is 0.162. The van der Waals surface area contributed by atoms with Gasteiger partial charge in [-0.05, 0) is 18.4 Å². The SMILES string of the molecule is O=C(c1n[nH]c2c1C=CC(c1ccccc1)(c1cscn1)C2)C1CCC1. The number of aromatic amines is 1. The molecule has 5 heteroatoms. The molecule has 0 saturated heterocycles. The maximum atomic E-state index is 12.7. The summed E-state index contributed by atoms with van der Waals surface area (Å²) in [5.41, 5.74) is 6.39. The number of Topliss-reactive ketones (excluding diaryl/α,β-unsaturated/α-hetero) is 1. The van der Waals surface area contributed by atoms with Crippen molar-refractivity contribution in [3.05, 3.63) is 75.5 Å². The van der Waals surface area contributed by atoms with Gasteiger partial charge in [-0.15, -0.1) is 11.3 Å². The average Bonchev–Trinajstić information content (AvgIpc) is 3.30. The van der Waals surface area contributed by atoms with Crippen LogP contribution in [0, 0.1) is 5.92 Å². The number of allylic oxidation sites excluding steroid dienone is 1. The number of nitrogens with one attached hydrogen (secondary N) is 1. The first-order chi connectivity index (χ1) is 12.8. The van der Waals surface area contributed by atoms with Gasteiger partial charge in [-0.25, -0.2) is 4.98 Å². The third kappa shape index (κ3) is 2.31. The van der Waals surface area contributed by atoms with Crippen LogP contribution < -0.4 is 0 Å². The Kier molecular flexibility index (Phi) is 3.64. The Hall–Kier alpha value is -2.53. The molecule has 2 aromatic heterocycles. The zero-order chi connectivity index (χ0) is 17.6. The summed E-state index contributed by atoms with van der Waals surface area (Å²) in [4.78, 5) is 17.3. The van der Waals surface area contributed by atoms with Crippen LogP contribution in [0.15, 0.2) is 47.3 Å². The van der Waals surface area contributed by atoms with E-state index < -0.39 is 0 Å². The molecular formula is C21H19N3OS. The van der Waals surface area contributed by atoms with Crippen LogP contribution in [-0.2, 0) is 11.8 Å². The standard InChI is InChI=1S/C21H19N3OS/c25-20(14-5-4-6-14)19-16-9-10-21(11-17(16)23-24-19,18-12-26-13-22-18)15-7-2-1-3-8-15/h1-3,7-10,12-14H,4-6,11H2,(H,23,24). The van der Waals surface area contributed by atoms with Crippen LogP contribution in [-0.4, -0.2) is 21.0 Å². The summed E-state index contributed by atoms with van der Waals surface area (Å²) >= 11 is 1.61. The molecule has 5 rings (SSSR count). The van der Waals surface area contributed by atoms with Gasteiger partial charge in [0.2, 0.25) is 0 Å². The van der Waals surface area contributed by atoms with Crippen molar-refractivity contribution in [2.45, 2.75) is 31.1 Å². The lowest BCUT2D eigenvalue weighted by molar-refractivity contribution is 0.0849. The first-order valence-corrected chi connectivity index (χ1v) is 9.97. The van der Waals surface area contributed by atoms with Crippen LogP contribution in [0.1, 0.15) is 52.3 Å². The fourth-order valence-corrected chi connectivity index (χ4v) is 4.64. The molecule has 3 aromatic rings. The summed E-state index contributed by atoms with van der Waals surface area (Å²) in [5, 5.41) is 9.66. The molecule has 1 atom stereocenters. The van der Waals surface area contributed by atoms with E-state index in [-0.39, 0.29) is 17.1 Å². The highest BCUT2D eigenvalue weighted by Crippen LogP contribution is 2.42. The smallest absolute Gasteiger partial charge is 0.186 e. The molecule has 1 N–H and O–H groups in total. The molecule has 0 radical (unpaired) electrons. The zero-order valence-electron chi connectivity index (χ0n) is 14.3. The summed E-state index contributed by atoms with van der Waals surface area (Å²) in [6.07, 6.45) is 8.15. The fourth-order valence-electron chi connectivity index (χ4n) is 4.01. The van der Waals surface area contributed by atoms with Crippen molar-refractivity contribution in [3.8, 4) is 0 Å². The van der Waals surface area contributed by atoms with Crippen LogP contribution >= 0.6 is 11.3 Å². The van der Waals surface area contributed by atoms with E-state index in [1.54, 1.807) is 11.3 Å². The van der Waals surface area contributed by atoms with Crippen LogP contribution in [0.3, 0.4) is 0 Å². The minimum atomic E-state index is -0.322. The van der Waals surface area contributed by atoms with E-state index in [9.17, 15) is 4.79 Å². The van der Waals surface area contributed by atoms with E-state index in [0.29, 0.717) is 5.69 Å². The first-order valence-electron chi connectivity index (χ1n) is 9.03. The van der Waals surface area contributed by atoms with Crippen LogP contribution in [0.2, 0.25) is 0 Å². The number of fused-ring (bicyclic) bond motifs is 1. The Morgan fingerprint density at radius 3 is 2.77 bits per heavy atom. The zero-order valence-corrected chi connectivity index (χ0v) is 15.1. The molecule has 2 aliphatic rings. The second-order valence-electron chi connectivity index (χ2n) is 7.18. The molecule has 0 spiro atoms. The molecule has 1 saturated carbocycles. The topological polar surface area (TPSA) is 58.6 Å². The average molecular weight is 361 g/mol. The molecular weight excluding hydrogens is 342 g/mol. The summed E-state index contributed by atoms with van der Waals surface area (Å²) in [6.45, 7) is 0. The van der Waals surface area contributed by atoms with Crippen LogP contribution in [0.4, 0.5) is 0 Å². The maximum absolute atomic E-state index is 12.7. The molecule has 0 amide bonds. The monoisotopic (exact) mass is 361 g/mol. The van der Waals surface area contributed by atoms with Gasteiger partial charge in [-0.1, -0.05) is 48.9 Å². The second-order valence-corrected chi connectivity index (χ2v) is 7.90. The Labute approximate surface area is 156 Å². The Morgan fingerprint density at radius 2 is 2.08 bits per heavy atom. The number of rotatable bonds is 4. The lowest BCUT2D eigenvalue weighted by atomic mass is 9.70. The largest absolute Gasteiger partial charge is 0.292 e. The van der Waals surface area contributed by atoms with Crippen molar-refractivity contribution in [3.63, 3.8) is 0 Å². The molecule has 4 nitrogen and oxygen atoms in total. The van der Waals surface area contributed by atoms with Gasteiger partial charge in [0.25, 0.3) is 0 Å². The van der Waals surface area contributed by atoms with Gasteiger partial charge in [0.1, 0.15) is 5.69 Å². The number of hydrogen-bond donors (Lipinski definition) is 1. The number of hydrogen-bond acceptors (Lipinski definition) is 4. The number of nitrogens with zero attached hydrogens (tertiary/aromatic N) is 2. The number of aromatic nitrogens is 3. The number of H-pyrrole nitrogens is 1. The molecule has 0 bridgehead atoms. The van der Waals surface area contributed by atoms with Crippen molar-refractivity contribution in [2.24, 2.45) is 5.92 Å². The summed E-state index contributed by atoms with van der Waals surface area (Å²) in [5.74, 6) is 0.356. The van der Waals surface area contributed by atoms with E-state index in [4.69, 9.17) is 0 Å². The fraction of sp³-hybridized carbons (Fsp3) is 0.286. The van der Waals surface area contributed by atoms with Crippen LogP contribution in [0.25, 0.3) is 6.08 Å². The number of benzene rings is 1. The van der Waals surface area contributed by atoms with Crippen molar-refractivity contribution in [1.82, 2.24) is 15.2 Å². The predicted molar refractivity (Wildman–Crippen MR) is 102 cm³/mol. The van der Waals surface area contributed by atoms with E-state index >= 15 is 0 Å². The van der Waals surface area contributed by atoms with Gasteiger partial charge in [-0.3, -0.25) is 9.89 Å². The van der Waals surface area contributed by atoms with Crippen molar-refractivity contribution >= 4 is 23.2 Å². The minimum Gasteiger partial charge on any atom is -0.292 e. The Bertz CT molecular complexity index is 970. The second kappa shape index (κ2) is 6.02. The molecule has 130 valence electrons. The number of carbonyl (C=O) groups excluding carboxylic acids is 1. The highest BCUT2D eigenvalue weighted by Gasteiger charge is 2.39. The van der Waals surface area contributed by atoms with Gasteiger partial charge in [-0.2, -0.15) is 5.10 Å². The van der Waals surface area contributed by atoms with Crippen molar-refractivity contribution in [2.75, 3.05) is 0 Å². The van der Waals surface area contributed by atoms with Crippen molar-refractivity contribution in [1.29, 1.82) is 0 Å². The summed E-state index contributed by atoms with van der Waals surface area (Å²) < 4.78 is 0. The molecule has 0 aliphatic heterocycles. The summed E-state index contributed by atoms with van der Waals surface area (Å²) in [7, 11) is 0. The lowest BCUT2D eigenvalue weighted by Crippen LogP contribution is -2.31. The Morgan fingerprint density at radius 1 is 1.23 bits per heavy atom. The lowest BCUT2D eigenvalue weighted by Gasteiger charge is -2.32. The van der Waals surface area contributed by atoms with E-state index in [1.807, 2.05) is 11.6 Å². The van der Waals surface area contributed by atoms with E-state index in [0.717, 1.165) is 42.6 Å². The molecule has 1 unspecified atom stereocenters. The van der Waals surface area contributed by atoms with Crippen LogP contribution in [0.5, 0.6) is 0 Å². The van der Waals surface area contributed by atoms with E-state index in [2.05, 4.69) is 57.0 Å². The van der Waals surface area contributed by atoms with E-state index in [1.165, 1.54) is 5.56 Å². The highest BCUT2D eigenvalue weighted by molar-refractivity contribution is 7.07. The van der Waals surface area contributed by atoms with Gasteiger partial charge < -0.3 is 0 Å². The molecule has 1 fully saturated rings. The third-order valence-electron chi connectivity index (χ3n) is 5.76. The normalized spacial score (nSPS) is 22.0. The summed E-state index contributed by atoms with van der Waals surface area (Å²) in [6, 6.07) is 10.4. The van der Waals surface area contributed by atoms with Gasteiger partial charge >= 0.3 is 0 Å². The number of ketones is 1. The number of carbonyl (C=O) groups is 1. The molecule has 2 heterocycles. The molecule has 2 aliphatic carbocycles. The predicted octanol–water partition coefficient (Wildman–Crippen LogP) is 4.40. The van der Waals surface area contributed by atoms with Gasteiger partial charge in [0, 0.05) is 29.0 Å². The highest BCUT2D eigenvalue weighted by atomic mass is 32.1. The van der Waals surface area contributed by atoms with Gasteiger partial charge in [0.15, 0.2) is 5.78 Å². The molecule has 1 aromatic carbocycles. The third-order valence-corrected chi connectivity index (χ3v) is 6.35. The van der Waals surface area contributed by atoms with Gasteiger partial charge in [0.05, 0.1) is 16.6 Å². The molecule has 26 heavy (non-hydrogen) atoms. The Balaban J connectivity index is 1.59. The quantitative estimate of drug-likeness (QED) is 0.701. The number of thiazole rings is 1. The first kappa shape index (κ1) is 15.7.